The van der Waals surface area contributed by atoms with Crippen molar-refractivity contribution >= 4 is 51.5 Å². The Balaban J connectivity index is 0.784. The Bertz CT molecular complexity index is 2690. The second-order valence-electron chi connectivity index (χ2n) is 18.8. The first kappa shape index (κ1) is 55.3. The number of hydrogen-bond acceptors (Lipinski definition) is 10. The van der Waals surface area contributed by atoms with Crippen LogP contribution >= 0.6 is 0 Å². The molecule has 1 aliphatic carbocycles. The molecule has 74 heavy (non-hydrogen) atoms. The minimum absolute atomic E-state index is 0.0870. The number of nitrogens with zero attached hydrogens (tertiary/aromatic N) is 4. The van der Waals surface area contributed by atoms with E-state index in [1.165, 1.54) is 24.3 Å². The lowest BCUT2D eigenvalue weighted by Crippen LogP contribution is -2.59. The van der Waals surface area contributed by atoms with E-state index in [0.29, 0.717) is 93.5 Å². The molecule has 0 radical (unpaired) electrons. The summed E-state index contributed by atoms with van der Waals surface area (Å²) >= 11 is 0. The minimum atomic E-state index is -4.46. The standard InChI is InChI=1S/C53H67F4N9O8/c1-4-58-50(69)43(31-35-12-17-39(54)18-13-35)61-51(70)45-11-8-24-65(45)52(71)46(36-9-6-5-7-10-36)62-48(67)34(2)59-22-25-72-27-29-74-30-28-73-26-23-60-49(68)37-14-21-44-41(32-37)42-33-64(3)63-47(42)66(44)40-19-15-38(16-20-40)53(55,56)57/h12-21,32-34,36,43,45-46,59H,4-11,22-31H2,1-3H3,(H,58,69)(H,60,68)(H,61,70)(H,62,67)/t34-,43-,45-,46-/m0/s1. The molecular formula is C53H67F4N9O8. The van der Waals surface area contributed by atoms with Crippen LogP contribution in [0.5, 0.6) is 0 Å². The molecule has 5 N–H and O–H groups in total. The first-order valence-electron chi connectivity index (χ1n) is 25.5. The van der Waals surface area contributed by atoms with E-state index in [1.807, 2.05) is 0 Å². The van der Waals surface area contributed by atoms with Crippen molar-refractivity contribution in [3.63, 3.8) is 0 Å². The average Bonchev–Trinajstić information content (AvgIpc) is 4.11. The molecule has 2 aliphatic rings. The van der Waals surface area contributed by atoms with E-state index < -0.39 is 47.6 Å². The molecular weight excluding hydrogens is 967 g/mol. The quantitative estimate of drug-likeness (QED) is 0.0375. The zero-order valence-electron chi connectivity index (χ0n) is 42.1. The van der Waals surface area contributed by atoms with Crippen molar-refractivity contribution in [1.82, 2.24) is 45.8 Å². The number of alkyl halides is 3. The van der Waals surface area contributed by atoms with Gasteiger partial charge < -0.3 is 45.7 Å². The fourth-order valence-corrected chi connectivity index (χ4v) is 9.66. The normalized spacial score (nSPS) is 16.5. The smallest absolute Gasteiger partial charge is 0.378 e. The summed E-state index contributed by atoms with van der Waals surface area (Å²) in [5, 5.41) is 20.6. The molecule has 0 unspecified atom stereocenters. The molecule has 0 spiro atoms. The Hall–Kier alpha value is -6.42. The van der Waals surface area contributed by atoms with Crippen molar-refractivity contribution in [2.75, 3.05) is 65.8 Å². The van der Waals surface area contributed by atoms with E-state index in [0.717, 1.165) is 55.0 Å². The first-order chi connectivity index (χ1) is 35.6. The Morgan fingerprint density at radius 3 is 2.12 bits per heavy atom. The minimum Gasteiger partial charge on any atom is -0.378 e. The number of likely N-dealkylation sites (N-methyl/N-ethyl adjacent to an activating group) is 1. The van der Waals surface area contributed by atoms with Gasteiger partial charge in [-0.2, -0.15) is 18.3 Å². The topological polar surface area (TPSA) is 199 Å². The summed E-state index contributed by atoms with van der Waals surface area (Å²) in [5.74, 6) is -2.28. The number of benzene rings is 3. The van der Waals surface area contributed by atoms with Gasteiger partial charge in [-0.05, 0) is 106 Å². The number of fused-ring (bicyclic) bond motifs is 3. The van der Waals surface area contributed by atoms with E-state index in [1.54, 1.807) is 71.6 Å². The van der Waals surface area contributed by atoms with Crippen molar-refractivity contribution < 1.29 is 55.7 Å². The van der Waals surface area contributed by atoms with Crippen LogP contribution < -0.4 is 26.6 Å². The molecule has 5 aromatic rings. The number of aryl methyl sites for hydroxylation is 1. The molecule has 0 bridgehead atoms. The van der Waals surface area contributed by atoms with Crippen LogP contribution in [0.3, 0.4) is 0 Å². The third-order valence-corrected chi connectivity index (χ3v) is 13.5. The van der Waals surface area contributed by atoms with Gasteiger partial charge >= 0.3 is 6.18 Å². The monoisotopic (exact) mass is 1030 g/mol. The van der Waals surface area contributed by atoms with Gasteiger partial charge in [0.15, 0.2) is 5.65 Å². The van der Waals surface area contributed by atoms with Gasteiger partial charge in [-0.3, -0.25) is 33.2 Å². The Labute approximate surface area is 427 Å². The summed E-state index contributed by atoms with van der Waals surface area (Å²) in [4.78, 5) is 69.4. The number of halogens is 4. The van der Waals surface area contributed by atoms with Crippen LogP contribution in [0.1, 0.15) is 80.3 Å². The van der Waals surface area contributed by atoms with E-state index in [9.17, 15) is 41.5 Å². The molecule has 3 heterocycles. The second kappa shape index (κ2) is 26.2. The van der Waals surface area contributed by atoms with E-state index >= 15 is 0 Å². The zero-order valence-corrected chi connectivity index (χ0v) is 42.1. The number of nitrogens with one attached hydrogen (secondary N) is 5. The van der Waals surface area contributed by atoms with Gasteiger partial charge in [0.1, 0.15) is 23.9 Å². The highest BCUT2D eigenvalue weighted by Crippen LogP contribution is 2.35. The maximum absolute atomic E-state index is 14.3. The van der Waals surface area contributed by atoms with Crippen LogP contribution in [-0.4, -0.2) is 139 Å². The molecule has 4 atom stereocenters. The predicted octanol–water partition coefficient (Wildman–Crippen LogP) is 5.35. The Morgan fingerprint density at radius 1 is 0.770 bits per heavy atom. The van der Waals surface area contributed by atoms with Crippen LogP contribution in [-0.2, 0) is 53.0 Å². The lowest BCUT2D eigenvalue weighted by Gasteiger charge is -2.35. The maximum atomic E-state index is 14.3. The number of rotatable bonds is 25. The van der Waals surface area contributed by atoms with Gasteiger partial charge in [0, 0.05) is 67.9 Å². The van der Waals surface area contributed by atoms with Gasteiger partial charge in [0.2, 0.25) is 23.6 Å². The molecule has 1 aliphatic heterocycles. The van der Waals surface area contributed by atoms with Crippen LogP contribution in [0, 0.1) is 11.7 Å². The van der Waals surface area contributed by atoms with Crippen molar-refractivity contribution in [1.29, 1.82) is 0 Å². The molecule has 2 aromatic heterocycles. The van der Waals surface area contributed by atoms with Gasteiger partial charge in [-0.15, -0.1) is 0 Å². The average molecular weight is 1030 g/mol. The number of carbonyl (C=O) groups is 5. The fraction of sp³-hybridized carbons (Fsp3) is 0.509. The summed E-state index contributed by atoms with van der Waals surface area (Å²) in [6.07, 6.45) is 2.96. The van der Waals surface area contributed by atoms with Crippen LogP contribution in [0.25, 0.3) is 27.6 Å². The summed E-state index contributed by atoms with van der Waals surface area (Å²) in [6, 6.07) is 12.5. The van der Waals surface area contributed by atoms with Gasteiger partial charge in [-0.25, -0.2) is 4.39 Å². The third-order valence-electron chi connectivity index (χ3n) is 13.5. The second-order valence-corrected chi connectivity index (χ2v) is 18.8. The summed E-state index contributed by atoms with van der Waals surface area (Å²) in [6.45, 7) is 6.56. The van der Waals surface area contributed by atoms with Crippen LogP contribution in [0.4, 0.5) is 17.6 Å². The largest absolute Gasteiger partial charge is 0.416 e. The molecule has 21 heteroatoms. The van der Waals surface area contributed by atoms with Gasteiger partial charge in [0.05, 0.1) is 56.8 Å². The van der Waals surface area contributed by atoms with E-state index in [4.69, 9.17) is 14.2 Å². The third kappa shape index (κ3) is 14.4. The van der Waals surface area contributed by atoms with Gasteiger partial charge in [-0.1, -0.05) is 31.4 Å². The molecule has 7 rings (SSSR count). The SMILES string of the molecule is CCNC(=O)[C@H](Cc1ccc(F)cc1)NC(=O)[C@@H]1CCCN1C(=O)[C@@H](NC(=O)[C@H](C)NCCOCCOCCOCCNC(=O)c1ccc2c(c1)c1cn(C)nc1n2-c1ccc(C(F)(F)F)cc1)C1CCCCC1. The number of hydrogen-bond donors (Lipinski definition) is 5. The molecule has 5 amide bonds. The fourth-order valence-electron chi connectivity index (χ4n) is 9.66. The summed E-state index contributed by atoms with van der Waals surface area (Å²) in [5.41, 5.74) is 2.08. The molecule has 3 aromatic carbocycles. The Kier molecular flexibility index (Phi) is 19.6. The molecule has 1 saturated heterocycles. The highest BCUT2D eigenvalue weighted by molar-refractivity contribution is 6.10. The van der Waals surface area contributed by atoms with Crippen molar-refractivity contribution in [2.24, 2.45) is 13.0 Å². The summed E-state index contributed by atoms with van der Waals surface area (Å²) in [7, 11) is 1.75. The van der Waals surface area contributed by atoms with Crippen molar-refractivity contribution in [3.05, 3.63) is 95.4 Å². The number of amides is 5. The van der Waals surface area contributed by atoms with E-state index in [-0.39, 0.29) is 49.1 Å². The van der Waals surface area contributed by atoms with Gasteiger partial charge in [0.25, 0.3) is 5.91 Å². The molecule has 2 fully saturated rings. The lowest BCUT2D eigenvalue weighted by molar-refractivity contribution is -0.143. The Morgan fingerprint density at radius 2 is 1.45 bits per heavy atom. The van der Waals surface area contributed by atoms with Crippen molar-refractivity contribution in [2.45, 2.75) is 95.6 Å². The van der Waals surface area contributed by atoms with Crippen LogP contribution in [0.15, 0.2) is 72.9 Å². The van der Waals surface area contributed by atoms with E-state index in [2.05, 4.69) is 31.7 Å². The first-order valence-corrected chi connectivity index (χ1v) is 25.5. The summed E-state index contributed by atoms with van der Waals surface area (Å²) < 4.78 is 73.6. The van der Waals surface area contributed by atoms with Crippen LogP contribution in [0.2, 0.25) is 0 Å². The highest BCUT2D eigenvalue weighted by Gasteiger charge is 2.42. The molecule has 1 saturated carbocycles. The predicted molar refractivity (Wildman–Crippen MR) is 269 cm³/mol. The number of likely N-dealkylation sites (tertiary alicyclic amines) is 1. The van der Waals surface area contributed by atoms with Crippen molar-refractivity contribution in [3.8, 4) is 5.69 Å². The maximum Gasteiger partial charge on any atom is 0.416 e. The molecule has 400 valence electrons. The number of carbonyl (C=O) groups excluding carboxylic acids is 5. The molecule has 17 nitrogen and oxygen atoms in total. The number of aromatic nitrogens is 3. The number of ether oxygens (including phenoxy) is 3. The lowest BCUT2D eigenvalue weighted by atomic mass is 9.83. The highest BCUT2D eigenvalue weighted by atomic mass is 19.4. The zero-order chi connectivity index (χ0) is 52.8.